The molecule has 0 unspecified atom stereocenters. The van der Waals surface area contributed by atoms with Gasteiger partial charge in [-0.1, -0.05) is 103 Å². The van der Waals surface area contributed by atoms with Gasteiger partial charge < -0.3 is 5.32 Å². The van der Waals surface area contributed by atoms with Crippen LogP contribution in [0.2, 0.25) is 0 Å². The second kappa shape index (κ2) is 12.4. The number of nitrogens with zero attached hydrogens (tertiary/aromatic N) is 2. The standard InChI is InChI=1S/C26H30BrN3O/c1-2-10-20(13-9-16-27)18-25(31)30-26-23(17-21-11-5-3-6-12-21)29-24(19-28-26)22-14-7-4-8-15-22/h2,4,7-10,13-16,19,21H,3,5-6,11-12,17-18H2,1H3,(H,28,30,31)/b10-2-,16-9+,20-13+. The predicted molar refractivity (Wildman–Crippen MR) is 132 cm³/mol. The Kier molecular flexibility index (Phi) is 9.22. The SMILES string of the molecule is C\C=C/C(=C\C=C\Br)CC(=O)Nc1ncc(-c2ccccc2)nc1CC1CCCCC1. The molecular weight excluding hydrogens is 450 g/mol. The Morgan fingerprint density at radius 1 is 1.19 bits per heavy atom. The third kappa shape index (κ3) is 7.28. The Labute approximate surface area is 193 Å². The molecule has 2 aromatic rings. The van der Waals surface area contributed by atoms with E-state index in [1.807, 2.05) is 61.6 Å². The first-order valence-electron chi connectivity index (χ1n) is 11.0. The molecule has 0 saturated heterocycles. The van der Waals surface area contributed by atoms with Crippen LogP contribution < -0.4 is 5.32 Å². The molecule has 0 bridgehead atoms. The van der Waals surface area contributed by atoms with Gasteiger partial charge in [-0.05, 0) is 29.8 Å². The number of aromatic nitrogens is 2. The van der Waals surface area contributed by atoms with E-state index in [4.69, 9.17) is 4.98 Å². The fraction of sp³-hybridized carbons (Fsp3) is 0.346. The van der Waals surface area contributed by atoms with Crippen LogP contribution in [0.25, 0.3) is 11.3 Å². The van der Waals surface area contributed by atoms with Crippen molar-refractivity contribution in [2.45, 2.75) is 51.9 Å². The number of carbonyl (C=O) groups is 1. The largest absolute Gasteiger partial charge is 0.309 e. The molecule has 1 aliphatic carbocycles. The van der Waals surface area contributed by atoms with E-state index in [0.29, 0.717) is 11.7 Å². The van der Waals surface area contributed by atoms with Crippen molar-refractivity contribution in [3.8, 4) is 11.3 Å². The van der Waals surface area contributed by atoms with E-state index in [0.717, 1.165) is 28.9 Å². The lowest BCUT2D eigenvalue weighted by Crippen LogP contribution is -2.18. The first-order chi connectivity index (χ1) is 15.2. The Morgan fingerprint density at radius 2 is 1.97 bits per heavy atom. The number of rotatable bonds is 8. The zero-order valence-corrected chi connectivity index (χ0v) is 19.6. The van der Waals surface area contributed by atoms with Gasteiger partial charge in [0.1, 0.15) is 0 Å². The van der Waals surface area contributed by atoms with E-state index in [2.05, 4.69) is 26.2 Å². The summed E-state index contributed by atoms with van der Waals surface area (Å²) in [5, 5.41) is 3.02. The summed E-state index contributed by atoms with van der Waals surface area (Å²) < 4.78 is 0. The van der Waals surface area contributed by atoms with Crippen molar-refractivity contribution in [1.82, 2.24) is 9.97 Å². The summed E-state index contributed by atoms with van der Waals surface area (Å²) in [6.07, 6.45) is 16.9. The van der Waals surface area contributed by atoms with E-state index >= 15 is 0 Å². The summed E-state index contributed by atoms with van der Waals surface area (Å²) in [7, 11) is 0. The molecule has 0 aliphatic heterocycles. The zero-order valence-electron chi connectivity index (χ0n) is 18.1. The summed E-state index contributed by atoms with van der Waals surface area (Å²) in [6, 6.07) is 10.1. The number of halogens is 1. The Morgan fingerprint density at radius 3 is 2.68 bits per heavy atom. The number of allylic oxidation sites excluding steroid dienone is 4. The molecule has 0 radical (unpaired) electrons. The van der Waals surface area contributed by atoms with Crippen molar-refractivity contribution in [3.05, 3.63) is 77.1 Å². The molecule has 3 rings (SSSR count). The molecule has 1 heterocycles. The fourth-order valence-electron chi connectivity index (χ4n) is 4.00. The van der Waals surface area contributed by atoms with Crippen LogP contribution in [-0.2, 0) is 11.2 Å². The maximum atomic E-state index is 12.8. The van der Waals surface area contributed by atoms with Gasteiger partial charge in [0.05, 0.1) is 24.0 Å². The second-order valence-corrected chi connectivity index (χ2v) is 8.44. The third-order valence-corrected chi connectivity index (χ3v) is 5.81. The molecule has 0 spiro atoms. The van der Waals surface area contributed by atoms with Crippen molar-refractivity contribution >= 4 is 27.7 Å². The topological polar surface area (TPSA) is 54.9 Å². The van der Waals surface area contributed by atoms with Gasteiger partial charge in [0, 0.05) is 5.56 Å². The molecule has 162 valence electrons. The molecule has 1 N–H and O–H groups in total. The summed E-state index contributed by atoms with van der Waals surface area (Å²) in [6.45, 7) is 1.94. The summed E-state index contributed by atoms with van der Waals surface area (Å²) in [5.74, 6) is 1.11. The molecule has 4 nitrogen and oxygen atoms in total. The lowest BCUT2D eigenvalue weighted by Gasteiger charge is -2.22. The molecular formula is C26H30BrN3O. The van der Waals surface area contributed by atoms with Crippen molar-refractivity contribution < 1.29 is 4.79 Å². The maximum absolute atomic E-state index is 12.8. The molecule has 1 aliphatic rings. The second-order valence-electron chi connectivity index (χ2n) is 7.91. The van der Waals surface area contributed by atoms with E-state index in [1.165, 1.54) is 32.1 Å². The minimum atomic E-state index is -0.0843. The first-order valence-corrected chi connectivity index (χ1v) is 11.9. The average molecular weight is 480 g/mol. The van der Waals surface area contributed by atoms with Gasteiger partial charge in [0.15, 0.2) is 5.82 Å². The lowest BCUT2D eigenvalue weighted by molar-refractivity contribution is -0.115. The van der Waals surface area contributed by atoms with Crippen LogP contribution in [0.3, 0.4) is 0 Å². The summed E-state index contributed by atoms with van der Waals surface area (Å²) in [5.41, 5.74) is 3.70. The monoisotopic (exact) mass is 479 g/mol. The van der Waals surface area contributed by atoms with Crippen molar-refractivity contribution in [1.29, 1.82) is 0 Å². The van der Waals surface area contributed by atoms with Gasteiger partial charge in [-0.15, -0.1) is 0 Å². The predicted octanol–water partition coefficient (Wildman–Crippen LogP) is 7.01. The highest BCUT2D eigenvalue weighted by atomic mass is 79.9. The number of amides is 1. The Bertz CT molecular complexity index is 944. The zero-order chi connectivity index (χ0) is 21.9. The molecule has 0 atom stereocenters. The molecule has 1 aromatic carbocycles. The van der Waals surface area contributed by atoms with E-state index < -0.39 is 0 Å². The normalized spacial score (nSPS) is 15.6. The van der Waals surface area contributed by atoms with Crippen LogP contribution in [0.5, 0.6) is 0 Å². The smallest absolute Gasteiger partial charge is 0.229 e. The van der Waals surface area contributed by atoms with Crippen molar-refractivity contribution in [3.63, 3.8) is 0 Å². The van der Waals surface area contributed by atoms with Crippen molar-refractivity contribution in [2.24, 2.45) is 5.92 Å². The van der Waals surface area contributed by atoms with Gasteiger partial charge in [0.2, 0.25) is 5.91 Å². The molecule has 1 amide bonds. The highest BCUT2D eigenvalue weighted by Gasteiger charge is 2.19. The van der Waals surface area contributed by atoms with Gasteiger partial charge >= 0.3 is 0 Å². The maximum Gasteiger partial charge on any atom is 0.229 e. The van der Waals surface area contributed by atoms with Gasteiger partial charge in [-0.2, -0.15) is 0 Å². The number of benzene rings is 1. The molecule has 31 heavy (non-hydrogen) atoms. The van der Waals surface area contributed by atoms with Gasteiger partial charge in [-0.3, -0.25) is 4.79 Å². The van der Waals surface area contributed by atoms with Crippen molar-refractivity contribution in [2.75, 3.05) is 5.32 Å². The summed E-state index contributed by atoms with van der Waals surface area (Å²) >= 11 is 3.26. The number of hydrogen-bond donors (Lipinski definition) is 1. The van der Waals surface area contributed by atoms with Gasteiger partial charge in [0.25, 0.3) is 0 Å². The number of carbonyl (C=O) groups excluding carboxylic acids is 1. The Balaban J connectivity index is 1.82. The molecule has 5 heteroatoms. The van der Waals surface area contributed by atoms with Crippen LogP contribution >= 0.6 is 15.9 Å². The molecule has 1 aromatic heterocycles. The number of hydrogen-bond acceptors (Lipinski definition) is 3. The fourth-order valence-corrected chi connectivity index (χ4v) is 4.15. The third-order valence-electron chi connectivity index (χ3n) is 5.51. The highest BCUT2D eigenvalue weighted by molar-refractivity contribution is 9.11. The number of nitrogens with one attached hydrogen (secondary N) is 1. The van der Waals surface area contributed by atoms with Gasteiger partial charge in [-0.25, -0.2) is 9.97 Å². The first kappa shape index (κ1) is 23.1. The van der Waals surface area contributed by atoms with Crippen LogP contribution in [0.1, 0.15) is 51.1 Å². The molecule has 1 fully saturated rings. The van der Waals surface area contributed by atoms with Crippen LogP contribution in [0.4, 0.5) is 5.82 Å². The van der Waals surface area contributed by atoms with Crippen LogP contribution in [0, 0.1) is 5.92 Å². The quantitative estimate of drug-likeness (QED) is 0.414. The summed E-state index contributed by atoms with van der Waals surface area (Å²) in [4.78, 5) is 24.1. The Hall–Kier alpha value is -2.53. The minimum absolute atomic E-state index is 0.0843. The average Bonchev–Trinajstić information content (AvgIpc) is 2.80. The van der Waals surface area contributed by atoms with E-state index in [-0.39, 0.29) is 12.3 Å². The van der Waals surface area contributed by atoms with Crippen LogP contribution in [-0.4, -0.2) is 15.9 Å². The minimum Gasteiger partial charge on any atom is -0.309 e. The van der Waals surface area contributed by atoms with Crippen LogP contribution in [0.15, 0.2) is 71.4 Å². The molecule has 1 saturated carbocycles. The van der Waals surface area contributed by atoms with E-state index in [9.17, 15) is 4.79 Å². The van der Waals surface area contributed by atoms with E-state index in [1.54, 1.807) is 11.2 Å². The lowest BCUT2D eigenvalue weighted by atomic mass is 9.86. The highest BCUT2D eigenvalue weighted by Crippen LogP contribution is 2.29. The number of anilines is 1.